The van der Waals surface area contributed by atoms with E-state index >= 15 is 0 Å². The van der Waals surface area contributed by atoms with Gasteiger partial charge in [-0.25, -0.2) is 4.79 Å². The van der Waals surface area contributed by atoms with Gasteiger partial charge in [0.25, 0.3) is 0 Å². The Morgan fingerprint density at radius 3 is 2.65 bits per heavy atom. The van der Waals surface area contributed by atoms with E-state index in [4.69, 9.17) is 9.47 Å². The van der Waals surface area contributed by atoms with Gasteiger partial charge in [-0.15, -0.1) is 0 Å². The van der Waals surface area contributed by atoms with Crippen LogP contribution in [0.1, 0.15) is 32.3 Å². The molecule has 1 aromatic carbocycles. The Hall–Kier alpha value is -1.51. The lowest BCUT2D eigenvalue weighted by Gasteiger charge is -2.13. The van der Waals surface area contributed by atoms with Gasteiger partial charge in [0.05, 0.1) is 6.61 Å². The number of hydrogen-bond acceptors (Lipinski definition) is 3. The maximum absolute atomic E-state index is 11.3. The predicted molar refractivity (Wildman–Crippen MR) is 66.9 cm³/mol. The molecular formula is C14H20O3. The van der Waals surface area contributed by atoms with Gasteiger partial charge in [0, 0.05) is 6.42 Å². The van der Waals surface area contributed by atoms with Crippen molar-refractivity contribution in [2.45, 2.75) is 39.2 Å². The Kier molecular flexibility index (Phi) is 6.15. The molecule has 94 valence electrons. The van der Waals surface area contributed by atoms with Crippen LogP contribution < -0.4 is 0 Å². The average molecular weight is 236 g/mol. The summed E-state index contributed by atoms with van der Waals surface area (Å²) in [4.78, 5) is 11.3. The van der Waals surface area contributed by atoms with Gasteiger partial charge in [-0.3, -0.25) is 0 Å². The van der Waals surface area contributed by atoms with Crippen molar-refractivity contribution in [1.29, 1.82) is 0 Å². The summed E-state index contributed by atoms with van der Waals surface area (Å²) in [6.45, 7) is 4.36. The molecule has 1 rings (SSSR count). The first-order valence-electron chi connectivity index (χ1n) is 6.09. The number of carbonyl (C=O) groups is 1. The molecule has 1 aromatic rings. The average Bonchev–Trinajstić information content (AvgIpc) is 2.30. The van der Waals surface area contributed by atoms with Crippen LogP contribution in [0.5, 0.6) is 0 Å². The molecule has 1 unspecified atom stereocenters. The van der Waals surface area contributed by atoms with E-state index < -0.39 is 6.16 Å². The molecule has 0 N–H and O–H groups in total. The van der Waals surface area contributed by atoms with Crippen molar-refractivity contribution in [2.24, 2.45) is 0 Å². The van der Waals surface area contributed by atoms with E-state index in [1.807, 2.05) is 44.2 Å². The molecule has 0 saturated carbocycles. The molecule has 0 saturated heterocycles. The lowest BCUT2D eigenvalue weighted by molar-refractivity contribution is 0.0287. The van der Waals surface area contributed by atoms with Crippen molar-refractivity contribution >= 4 is 6.16 Å². The minimum atomic E-state index is -0.568. The van der Waals surface area contributed by atoms with Crippen molar-refractivity contribution in [2.75, 3.05) is 6.61 Å². The maximum atomic E-state index is 11.3. The van der Waals surface area contributed by atoms with E-state index in [0.717, 1.165) is 18.4 Å². The highest BCUT2D eigenvalue weighted by atomic mass is 16.7. The molecule has 0 fully saturated rings. The summed E-state index contributed by atoms with van der Waals surface area (Å²) in [5, 5.41) is 0. The largest absolute Gasteiger partial charge is 0.508 e. The van der Waals surface area contributed by atoms with Crippen LogP contribution >= 0.6 is 0 Å². The zero-order chi connectivity index (χ0) is 12.5. The molecule has 0 aliphatic carbocycles. The van der Waals surface area contributed by atoms with E-state index in [0.29, 0.717) is 13.0 Å². The fourth-order valence-electron chi connectivity index (χ4n) is 1.49. The SMILES string of the molecule is CCCCOC(=O)OC(C)Cc1ccccc1. The highest BCUT2D eigenvalue weighted by Gasteiger charge is 2.10. The summed E-state index contributed by atoms with van der Waals surface area (Å²) in [6, 6.07) is 9.95. The van der Waals surface area contributed by atoms with Gasteiger partial charge in [0.2, 0.25) is 0 Å². The molecule has 3 nitrogen and oxygen atoms in total. The van der Waals surface area contributed by atoms with Crippen LogP contribution in [0.15, 0.2) is 30.3 Å². The first-order valence-corrected chi connectivity index (χ1v) is 6.09. The topological polar surface area (TPSA) is 35.5 Å². The number of rotatable bonds is 6. The smallest absolute Gasteiger partial charge is 0.434 e. The highest BCUT2D eigenvalue weighted by molar-refractivity contribution is 5.60. The van der Waals surface area contributed by atoms with Crippen molar-refractivity contribution in [1.82, 2.24) is 0 Å². The van der Waals surface area contributed by atoms with Crippen molar-refractivity contribution in [3.63, 3.8) is 0 Å². The summed E-state index contributed by atoms with van der Waals surface area (Å²) in [7, 11) is 0. The zero-order valence-corrected chi connectivity index (χ0v) is 10.5. The Morgan fingerprint density at radius 1 is 1.29 bits per heavy atom. The Labute approximate surface area is 103 Å². The molecule has 0 aromatic heterocycles. The first kappa shape index (κ1) is 13.6. The molecular weight excluding hydrogens is 216 g/mol. The Balaban J connectivity index is 2.25. The lowest BCUT2D eigenvalue weighted by atomic mass is 10.1. The fourth-order valence-corrected chi connectivity index (χ4v) is 1.49. The molecule has 17 heavy (non-hydrogen) atoms. The van der Waals surface area contributed by atoms with Gasteiger partial charge in [-0.05, 0) is 18.9 Å². The van der Waals surface area contributed by atoms with E-state index in [2.05, 4.69) is 0 Å². The molecule has 0 amide bonds. The van der Waals surface area contributed by atoms with Crippen LogP contribution in [0, 0.1) is 0 Å². The van der Waals surface area contributed by atoms with Gasteiger partial charge >= 0.3 is 6.16 Å². The zero-order valence-electron chi connectivity index (χ0n) is 10.5. The molecule has 3 heteroatoms. The van der Waals surface area contributed by atoms with E-state index in [1.165, 1.54) is 0 Å². The molecule has 1 atom stereocenters. The number of benzene rings is 1. The monoisotopic (exact) mass is 236 g/mol. The second kappa shape index (κ2) is 7.71. The van der Waals surface area contributed by atoms with Crippen LogP contribution in [0.3, 0.4) is 0 Å². The molecule has 0 aliphatic rings. The van der Waals surface area contributed by atoms with Gasteiger partial charge in [0.1, 0.15) is 6.10 Å². The summed E-state index contributed by atoms with van der Waals surface area (Å²) in [5.41, 5.74) is 1.15. The first-order chi connectivity index (χ1) is 8.22. The van der Waals surface area contributed by atoms with Gasteiger partial charge < -0.3 is 9.47 Å². The number of hydrogen-bond donors (Lipinski definition) is 0. The van der Waals surface area contributed by atoms with Crippen LogP contribution in [0.2, 0.25) is 0 Å². The number of ether oxygens (including phenoxy) is 2. The predicted octanol–water partition coefficient (Wildman–Crippen LogP) is 3.57. The van der Waals surface area contributed by atoms with Gasteiger partial charge in [-0.2, -0.15) is 0 Å². The molecule has 0 radical (unpaired) electrons. The summed E-state index contributed by atoms with van der Waals surface area (Å²) < 4.78 is 10.1. The number of unbranched alkanes of at least 4 members (excludes halogenated alkanes) is 1. The normalized spacial score (nSPS) is 11.9. The Morgan fingerprint density at radius 2 is 2.00 bits per heavy atom. The van der Waals surface area contributed by atoms with Crippen LogP contribution in [-0.2, 0) is 15.9 Å². The third kappa shape index (κ3) is 5.95. The second-order valence-corrected chi connectivity index (χ2v) is 4.07. The van der Waals surface area contributed by atoms with Crippen molar-refractivity contribution in [3.8, 4) is 0 Å². The molecule has 0 spiro atoms. The van der Waals surface area contributed by atoms with Gasteiger partial charge in [-0.1, -0.05) is 43.7 Å². The van der Waals surface area contributed by atoms with Crippen LogP contribution in [-0.4, -0.2) is 18.9 Å². The summed E-state index contributed by atoms with van der Waals surface area (Å²) in [6.07, 6.45) is 1.87. The standard InChI is InChI=1S/C14H20O3/c1-3-4-10-16-14(15)17-12(2)11-13-8-6-5-7-9-13/h5-9,12H,3-4,10-11H2,1-2H3. The lowest BCUT2D eigenvalue weighted by Crippen LogP contribution is -2.18. The second-order valence-electron chi connectivity index (χ2n) is 4.07. The van der Waals surface area contributed by atoms with Crippen molar-refractivity contribution in [3.05, 3.63) is 35.9 Å². The number of carbonyl (C=O) groups excluding carboxylic acids is 1. The molecule has 0 bridgehead atoms. The highest BCUT2D eigenvalue weighted by Crippen LogP contribution is 2.06. The quantitative estimate of drug-likeness (QED) is 0.559. The maximum Gasteiger partial charge on any atom is 0.508 e. The van der Waals surface area contributed by atoms with Gasteiger partial charge in [0.15, 0.2) is 0 Å². The van der Waals surface area contributed by atoms with Crippen LogP contribution in [0.25, 0.3) is 0 Å². The Bertz CT molecular complexity index is 321. The molecule has 0 aliphatic heterocycles. The molecule has 0 heterocycles. The van der Waals surface area contributed by atoms with Crippen LogP contribution in [0.4, 0.5) is 4.79 Å². The third-order valence-corrected chi connectivity index (χ3v) is 2.38. The van der Waals surface area contributed by atoms with E-state index in [1.54, 1.807) is 0 Å². The van der Waals surface area contributed by atoms with E-state index in [9.17, 15) is 4.79 Å². The summed E-state index contributed by atoms with van der Waals surface area (Å²) >= 11 is 0. The fraction of sp³-hybridized carbons (Fsp3) is 0.500. The minimum absolute atomic E-state index is 0.161. The van der Waals surface area contributed by atoms with E-state index in [-0.39, 0.29) is 6.10 Å². The van der Waals surface area contributed by atoms with Crippen molar-refractivity contribution < 1.29 is 14.3 Å². The minimum Gasteiger partial charge on any atom is -0.434 e. The summed E-state index contributed by atoms with van der Waals surface area (Å²) in [5.74, 6) is 0. The third-order valence-electron chi connectivity index (χ3n) is 2.38.